The van der Waals surface area contributed by atoms with Gasteiger partial charge in [0.2, 0.25) is 5.75 Å². The molecule has 2 aromatic rings. The van der Waals surface area contributed by atoms with Gasteiger partial charge in [-0.25, -0.2) is 0 Å². The average Bonchev–Trinajstić information content (AvgIpc) is 2.61. The number of ketones is 1. The molecule has 128 valence electrons. The van der Waals surface area contributed by atoms with Gasteiger partial charge in [0.05, 0.1) is 33.0 Å². The van der Waals surface area contributed by atoms with Gasteiger partial charge in [0.25, 0.3) is 0 Å². The van der Waals surface area contributed by atoms with E-state index in [1.165, 1.54) is 32.4 Å². The van der Waals surface area contributed by atoms with Crippen LogP contribution in [0.25, 0.3) is 0 Å². The Morgan fingerprint density at radius 2 is 1.67 bits per heavy atom. The number of phenolic OH excluding ortho intramolecular Hbond substituents is 1. The van der Waals surface area contributed by atoms with E-state index in [0.717, 1.165) is 0 Å². The molecule has 0 aliphatic rings. The third-order valence-electron chi connectivity index (χ3n) is 3.57. The Hall–Kier alpha value is -2.77. The van der Waals surface area contributed by atoms with E-state index in [1.54, 1.807) is 6.07 Å². The van der Waals surface area contributed by atoms with Crippen molar-refractivity contribution in [2.45, 2.75) is 13.2 Å². The summed E-state index contributed by atoms with van der Waals surface area (Å²) in [5.74, 6) is -1.47. The fourth-order valence-electron chi connectivity index (χ4n) is 2.33. The van der Waals surface area contributed by atoms with E-state index in [4.69, 9.17) is 9.47 Å². The van der Waals surface area contributed by atoms with E-state index in [2.05, 4.69) is 0 Å². The fraction of sp³-hybridized carbons (Fsp3) is 0.235. The minimum Gasteiger partial charge on any atom is -0.504 e. The van der Waals surface area contributed by atoms with Gasteiger partial charge in [-0.15, -0.1) is 0 Å². The number of benzene rings is 2. The van der Waals surface area contributed by atoms with Crippen molar-refractivity contribution in [1.82, 2.24) is 0 Å². The maximum Gasteiger partial charge on any atom is 0.203 e. The fourth-order valence-corrected chi connectivity index (χ4v) is 2.33. The summed E-state index contributed by atoms with van der Waals surface area (Å²) in [7, 11) is 2.65. The van der Waals surface area contributed by atoms with Crippen LogP contribution in [-0.4, -0.2) is 40.4 Å². The summed E-state index contributed by atoms with van der Waals surface area (Å²) >= 11 is 0. The predicted octanol–water partition coefficient (Wildman–Crippen LogP) is 1.33. The van der Waals surface area contributed by atoms with Crippen molar-refractivity contribution in [1.29, 1.82) is 0 Å². The van der Waals surface area contributed by atoms with Gasteiger partial charge in [0.1, 0.15) is 5.75 Å². The molecule has 7 nitrogen and oxygen atoms in total. The highest BCUT2D eigenvalue weighted by molar-refractivity contribution is 6.11. The lowest BCUT2D eigenvalue weighted by Gasteiger charge is -2.14. The minimum atomic E-state index is -0.575. The zero-order valence-electron chi connectivity index (χ0n) is 13.2. The summed E-state index contributed by atoms with van der Waals surface area (Å²) in [6.07, 6.45) is 0. The summed E-state index contributed by atoms with van der Waals surface area (Å²) in [5.41, 5.74) is 0.528. The molecule has 24 heavy (non-hydrogen) atoms. The molecule has 0 bridgehead atoms. The number of aromatic hydroxyl groups is 2. The molecule has 0 aliphatic heterocycles. The Labute approximate surface area is 138 Å². The minimum absolute atomic E-state index is 0.0401. The van der Waals surface area contributed by atoms with E-state index in [9.17, 15) is 25.2 Å². The number of rotatable bonds is 6. The normalized spacial score (nSPS) is 10.5. The second-order valence-corrected chi connectivity index (χ2v) is 5.03. The van der Waals surface area contributed by atoms with Gasteiger partial charge >= 0.3 is 0 Å². The predicted molar refractivity (Wildman–Crippen MR) is 84.6 cm³/mol. The first-order valence-corrected chi connectivity index (χ1v) is 7.03. The molecular weight excluding hydrogens is 316 g/mol. The Balaban J connectivity index is 2.62. The van der Waals surface area contributed by atoms with Crippen LogP contribution in [0.1, 0.15) is 27.0 Å². The summed E-state index contributed by atoms with van der Waals surface area (Å²) in [5, 5.41) is 38.7. The lowest BCUT2D eigenvalue weighted by Crippen LogP contribution is -2.06. The standard InChI is InChI=1S/C17H18O7/c1-23-12-4-9(7-18)3-10(5-12)14(20)13-6-11(8-19)15(21)17(24-2)16(13)22/h3-6,18-19,21-22H,7-8H2,1-2H3. The Bertz CT molecular complexity index is 746. The van der Waals surface area contributed by atoms with Gasteiger partial charge in [-0.1, -0.05) is 0 Å². The summed E-state index contributed by atoms with van der Waals surface area (Å²) in [6, 6.07) is 5.68. The molecule has 7 heteroatoms. The van der Waals surface area contributed by atoms with Crippen molar-refractivity contribution in [2.75, 3.05) is 14.2 Å². The van der Waals surface area contributed by atoms with Crippen LogP contribution < -0.4 is 9.47 Å². The van der Waals surface area contributed by atoms with Crippen molar-refractivity contribution >= 4 is 5.78 Å². The molecule has 0 saturated heterocycles. The molecule has 0 aromatic heterocycles. The zero-order valence-corrected chi connectivity index (χ0v) is 13.2. The molecule has 0 saturated carbocycles. The molecule has 0 fully saturated rings. The van der Waals surface area contributed by atoms with Gasteiger partial charge in [0, 0.05) is 11.1 Å². The van der Waals surface area contributed by atoms with Gasteiger partial charge in [-0.05, 0) is 29.8 Å². The van der Waals surface area contributed by atoms with Crippen molar-refractivity contribution in [3.05, 3.63) is 46.5 Å². The Kier molecular flexibility index (Phi) is 5.28. The highest BCUT2D eigenvalue weighted by Crippen LogP contribution is 2.42. The molecule has 0 heterocycles. The molecule has 0 atom stereocenters. The quantitative estimate of drug-likeness (QED) is 0.589. The van der Waals surface area contributed by atoms with E-state index in [1.807, 2.05) is 0 Å². The van der Waals surface area contributed by atoms with Gasteiger partial charge in [-0.3, -0.25) is 4.79 Å². The molecule has 4 N–H and O–H groups in total. The van der Waals surface area contributed by atoms with Gasteiger partial charge in [-0.2, -0.15) is 0 Å². The lowest BCUT2D eigenvalue weighted by molar-refractivity contribution is 0.103. The third kappa shape index (κ3) is 3.12. The van der Waals surface area contributed by atoms with Crippen LogP contribution in [0.15, 0.2) is 24.3 Å². The maximum atomic E-state index is 12.7. The largest absolute Gasteiger partial charge is 0.504 e. The molecule has 0 spiro atoms. The molecule has 0 radical (unpaired) electrons. The molecule has 0 unspecified atom stereocenters. The van der Waals surface area contributed by atoms with Crippen molar-refractivity contribution < 1.29 is 34.7 Å². The van der Waals surface area contributed by atoms with Crippen LogP contribution in [0, 0.1) is 0 Å². The number of hydrogen-bond acceptors (Lipinski definition) is 7. The van der Waals surface area contributed by atoms with Crippen molar-refractivity contribution in [3.8, 4) is 23.0 Å². The number of phenols is 2. The highest BCUT2D eigenvalue weighted by Gasteiger charge is 2.23. The molecule has 2 rings (SSSR count). The van der Waals surface area contributed by atoms with Crippen LogP contribution in [0.2, 0.25) is 0 Å². The SMILES string of the molecule is COc1cc(CO)cc(C(=O)c2cc(CO)c(O)c(OC)c2O)c1. The first-order chi connectivity index (χ1) is 11.5. The average molecular weight is 334 g/mol. The number of carbonyl (C=O) groups is 1. The van der Waals surface area contributed by atoms with E-state index in [0.29, 0.717) is 11.3 Å². The van der Waals surface area contributed by atoms with E-state index < -0.39 is 23.9 Å². The van der Waals surface area contributed by atoms with Crippen molar-refractivity contribution in [3.63, 3.8) is 0 Å². The second-order valence-electron chi connectivity index (χ2n) is 5.03. The monoisotopic (exact) mass is 334 g/mol. The number of carbonyl (C=O) groups excluding carboxylic acids is 1. The van der Waals surface area contributed by atoms with E-state index in [-0.39, 0.29) is 29.0 Å². The first kappa shape index (κ1) is 17.6. The third-order valence-corrected chi connectivity index (χ3v) is 3.57. The summed E-state index contributed by atoms with van der Waals surface area (Å²) in [4.78, 5) is 12.7. The highest BCUT2D eigenvalue weighted by atomic mass is 16.5. The van der Waals surface area contributed by atoms with Crippen LogP contribution >= 0.6 is 0 Å². The Morgan fingerprint density at radius 1 is 0.958 bits per heavy atom. The van der Waals surface area contributed by atoms with Gasteiger partial charge in [0.15, 0.2) is 17.3 Å². The Morgan fingerprint density at radius 3 is 2.21 bits per heavy atom. The van der Waals surface area contributed by atoms with Gasteiger partial charge < -0.3 is 29.9 Å². The topological polar surface area (TPSA) is 116 Å². The molecule has 2 aromatic carbocycles. The molecule has 0 aliphatic carbocycles. The van der Waals surface area contributed by atoms with Crippen LogP contribution in [0.3, 0.4) is 0 Å². The molecular formula is C17H18O7. The molecule has 0 amide bonds. The summed E-state index contributed by atoms with van der Waals surface area (Å²) < 4.78 is 10.00. The number of ether oxygens (including phenoxy) is 2. The lowest BCUT2D eigenvalue weighted by atomic mass is 9.97. The summed E-state index contributed by atoms with van der Waals surface area (Å²) in [6.45, 7) is -0.826. The van der Waals surface area contributed by atoms with Crippen LogP contribution in [-0.2, 0) is 13.2 Å². The number of hydrogen-bond donors (Lipinski definition) is 4. The van der Waals surface area contributed by atoms with Crippen LogP contribution in [0.5, 0.6) is 23.0 Å². The smallest absolute Gasteiger partial charge is 0.203 e. The second kappa shape index (κ2) is 7.20. The zero-order chi connectivity index (χ0) is 17.9. The number of methoxy groups -OCH3 is 2. The van der Waals surface area contributed by atoms with E-state index >= 15 is 0 Å². The first-order valence-electron chi connectivity index (χ1n) is 7.03. The van der Waals surface area contributed by atoms with Crippen LogP contribution in [0.4, 0.5) is 0 Å². The van der Waals surface area contributed by atoms with Crippen molar-refractivity contribution in [2.24, 2.45) is 0 Å². The number of aliphatic hydroxyl groups excluding tert-OH is 2. The maximum absolute atomic E-state index is 12.7. The number of aliphatic hydroxyl groups is 2.